The number of alkyl carbamates (subject to hydrolysis) is 1. The van der Waals surface area contributed by atoms with Crippen LogP contribution >= 0.6 is 0 Å². The van der Waals surface area contributed by atoms with Crippen LogP contribution in [0.2, 0.25) is 0 Å². The highest BCUT2D eigenvalue weighted by molar-refractivity contribution is 5.94. The zero-order valence-electron chi connectivity index (χ0n) is 11.4. The number of rotatable bonds is 7. The summed E-state index contributed by atoms with van der Waals surface area (Å²) in [4.78, 5) is 22.8. The third kappa shape index (κ3) is 6.17. The first-order valence-electron chi connectivity index (χ1n) is 6.58. The van der Waals surface area contributed by atoms with E-state index >= 15 is 0 Å². The molecule has 0 aliphatic carbocycles. The second-order valence-corrected chi connectivity index (χ2v) is 4.18. The molecule has 0 unspecified atom stereocenters. The van der Waals surface area contributed by atoms with Crippen LogP contribution < -0.4 is 10.6 Å². The molecule has 1 rings (SSSR count). The first-order chi connectivity index (χ1) is 9.63. The summed E-state index contributed by atoms with van der Waals surface area (Å²) in [6, 6.07) is 5.24. The molecule has 0 atom stereocenters. The molecule has 1 aromatic rings. The van der Waals surface area contributed by atoms with Crippen molar-refractivity contribution < 1.29 is 18.7 Å². The summed E-state index contributed by atoms with van der Waals surface area (Å²) >= 11 is 0. The predicted octanol–water partition coefficient (Wildman–Crippen LogP) is 2.08. The molecule has 5 nitrogen and oxygen atoms in total. The fraction of sp³-hybridized carbons (Fsp3) is 0.429. The highest BCUT2D eigenvalue weighted by Gasteiger charge is 2.05. The fourth-order valence-corrected chi connectivity index (χ4v) is 1.40. The molecule has 0 spiro atoms. The van der Waals surface area contributed by atoms with Crippen LogP contribution in [0.4, 0.5) is 9.18 Å². The minimum absolute atomic E-state index is 0.276. The van der Waals surface area contributed by atoms with Crippen LogP contribution in [0.1, 0.15) is 30.1 Å². The van der Waals surface area contributed by atoms with E-state index in [2.05, 4.69) is 10.6 Å². The van der Waals surface area contributed by atoms with E-state index in [1.54, 1.807) is 0 Å². The summed E-state index contributed by atoms with van der Waals surface area (Å²) in [7, 11) is 0. The van der Waals surface area contributed by atoms with Gasteiger partial charge in [-0.2, -0.15) is 0 Å². The standard InChI is InChI=1S/C14H19FN2O3/c1-2-3-10-20-14(19)17-9-8-16-13(18)11-4-6-12(15)7-5-11/h4-7H,2-3,8-10H2,1H3,(H,16,18)(H,17,19). The van der Waals surface area contributed by atoms with E-state index in [0.29, 0.717) is 12.2 Å². The molecule has 110 valence electrons. The summed E-state index contributed by atoms with van der Waals surface area (Å²) in [5.74, 6) is -0.704. The molecule has 0 heterocycles. The van der Waals surface area contributed by atoms with Gasteiger partial charge in [0.1, 0.15) is 5.82 Å². The van der Waals surface area contributed by atoms with Gasteiger partial charge in [0.05, 0.1) is 6.61 Å². The number of unbranched alkanes of at least 4 members (excludes halogenated alkanes) is 1. The van der Waals surface area contributed by atoms with Crippen LogP contribution in [0.15, 0.2) is 24.3 Å². The Balaban J connectivity index is 2.16. The Morgan fingerprint density at radius 2 is 1.80 bits per heavy atom. The van der Waals surface area contributed by atoms with Crippen LogP contribution in [0.25, 0.3) is 0 Å². The maximum atomic E-state index is 12.7. The Bertz CT molecular complexity index is 435. The lowest BCUT2D eigenvalue weighted by atomic mass is 10.2. The SMILES string of the molecule is CCCCOC(=O)NCCNC(=O)c1ccc(F)cc1. The lowest BCUT2D eigenvalue weighted by Gasteiger charge is -2.07. The van der Waals surface area contributed by atoms with E-state index in [9.17, 15) is 14.0 Å². The molecule has 0 bridgehead atoms. The number of hydrogen-bond donors (Lipinski definition) is 2. The van der Waals surface area contributed by atoms with Gasteiger partial charge in [0.2, 0.25) is 0 Å². The third-order valence-corrected chi connectivity index (χ3v) is 2.52. The van der Waals surface area contributed by atoms with Gasteiger partial charge in [0.15, 0.2) is 0 Å². The highest BCUT2D eigenvalue weighted by Crippen LogP contribution is 2.01. The summed E-state index contributed by atoms with van der Waals surface area (Å²) in [5, 5.41) is 5.13. The molecule has 0 aliphatic rings. The molecule has 0 saturated heterocycles. The zero-order chi connectivity index (χ0) is 14.8. The van der Waals surface area contributed by atoms with Crippen molar-refractivity contribution in [2.24, 2.45) is 0 Å². The van der Waals surface area contributed by atoms with Crippen molar-refractivity contribution >= 4 is 12.0 Å². The van der Waals surface area contributed by atoms with Crippen molar-refractivity contribution in [3.05, 3.63) is 35.6 Å². The van der Waals surface area contributed by atoms with E-state index in [0.717, 1.165) is 12.8 Å². The number of benzene rings is 1. The average molecular weight is 282 g/mol. The van der Waals surface area contributed by atoms with Crippen LogP contribution in [0.3, 0.4) is 0 Å². The Hall–Kier alpha value is -2.11. The van der Waals surface area contributed by atoms with Crippen molar-refractivity contribution in [2.45, 2.75) is 19.8 Å². The number of hydrogen-bond acceptors (Lipinski definition) is 3. The second kappa shape index (κ2) is 8.90. The highest BCUT2D eigenvalue weighted by atomic mass is 19.1. The number of nitrogens with one attached hydrogen (secondary N) is 2. The molecule has 6 heteroatoms. The molecule has 0 saturated carbocycles. The van der Waals surface area contributed by atoms with Crippen LogP contribution in [0.5, 0.6) is 0 Å². The number of ether oxygens (including phenoxy) is 1. The lowest BCUT2D eigenvalue weighted by molar-refractivity contribution is 0.0952. The predicted molar refractivity (Wildman–Crippen MR) is 73.0 cm³/mol. The van der Waals surface area contributed by atoms with Gasteiger partial charge >= 0.3 is 6.09 Å². The minimum Gasteiger partial charge on any atom is -0.450 e. The molecule has 2 N–H and O–H groups in total. The maximum absolute atomic E-state index is 12.7. The summed E-state index contributed by atoms with van der Waals surface area (Å²) in [6.45, 7) is 2.95. The van der Waals surface area contributed by atoms with E-state index in [-0.39, 0.29) is 19.0 Å². The smallest absolute Gasteiger partial charge is 0.407 e. The summed E-state index contributed by atoms with van der Waals surface area (Å²) < 4.78 is 17.6. The van der Waals surface area contributed by atoms with Crippen molar-refractivity contribution in [2.75, 3.05) is 19.7 Å². The van der Waals surface area contributed by atoms with Crippen molar-refractivity contribution in [1.82, 2.24) is 10.6 Å². The molecule has 0 aromatic heterocycles. The Morgan fingerprint density at radius 1 is 1.15 bits per heavy atom. The topological polar surface area (TPSA) is 67.4 Å². The molecule has 0 radical (unpaired) electrons. The Kier molecular flexibility index (Phi) is 7.10. The summed E-state index contributed by atoms with van der Waals surface area (Å²) in [5.41, 5.74) is 0.372. The monoisotopic (exact) mass is 282 g/mol. The van der Waals surface area contributed by atoms with Gasteiger partial charge in [-0.1, -0.05) is 13.3 Å². The average Bonchev–Trinajstić information content (AvgIpc) is 2.44. The number of carbonyl (C=O) groups excluding carboxylic acids is 2. The second-order valence-electron chi connectivity index (χ2n) is 4.18. The van der Waals surface area contributed by atoms with Gasteiger partial charge in [-0.25, -0.2) is 9.18 Å². The zero-order valence-corrected chi connectivity index (χ0v) is 11.4. The largest absolute Gasteiger partial charge is 0.450 e. The van der Waals surface area contributed by atoms with Crippen LogP contribution in [-0.2, 0) is 4.74 Å². The molecule has 0 fully saturated rings. The van der Waals surface area contributed by atoms with Crippen molar-refractivity contribution in [1.29, 1.82) is 0 Å². The quantitative estimate of drug-likeness (QED) is 0.752. The van der Waals surface area contributed by atoms with Crippen molar-refractivity contribution in [3.8, 4) is 0 Å². The van der Waals surface area contributed by atoms with E-state index in [1.807, 2.05) is 6.92 Å². The van der Waals surface area contributed by atoms with Gasteiger partial charge in [-0.3, -0.25) is 4.79 Å². The summed E-state index contributed by atoms with van der Waals surface area (Å²) in [6.07, 6.45) is 1.30. The number of carbonyl (C=O) groups is 2. The Morgan fingerprint density at radius 3 is 2.45 bits per heavy atom. The van der Waals surface area contributed by atoms with Crippen molar-refractivity contribution in [3.63, 3.8) is 0 Å². The molecular formula is C14H19FN2O3. The van der Waals surface area contributed by atoms with Crippen LogP contribution in [-0.4, -0.2) is 31.7 Å². The Labute approximate surface area is 117 Å². The van der Waals surface area contributed by atoms with Gasteiger partial charge in [0, 0.05) is 18.7 Å². The number of amides is 2. The molecule has 20 heavy (non-hydrogen) atoms. The fourth-order valence-electron chi connectivity index (χ4n) is 1.40. The normalized spacial score (nSPS) is 9.90. The third-order valence-electron chi connectivity index (χ3n) is 2.52. The first-order valence-corrected chi connectivity index (χ1v) is 6.58. The van der Waals surface area contributed by atoms with Gasteiger partial charge < -0.3 is 15.4 Å². The van der Waals surface area contributed by atoms with E-state index in [1.165, 1.54) is 24.3 Å². The van der Waals surface area contributed by atoms with Crippen LogP contribution in [0, 0.1) is 5.82 Å². The lowest BCUT2D eigenvalue weighted by Crippen LogP contribution is -2.35. The molecular weight excluding hydrogens is 263 g/mol. The van der Waals surface area contributed by atoms with Gasteiger partial charge in [0.25, 0.3) is 5.91 Å². The molecule has 2 amide bonds. The molecule has 1 aromatic carbocycles. The number of halogens is 1. The van der Waals surface area contributed by atoms with E-state index in [4.69, 9.17) is 4.74 Å². The molecule has 0 aliphatic heterocycles. The van der Waals surface area contributed by atoms with Gasteiger partial charge in [-0.15, -0.1) is 0 Å². The minimum atomic E-state index is -0.491. The first kappa shape index (κ1) is 15.9. The maximum Gasteiger partial charge on any atom is 0.407 e. The van der Waals surface area contributed by atoms with Gasteiger partial charge in [-0.05, 0) is 30.7 Å². The van der Waals surface area contributed by atoms with E-state index < -0.39 is 11.9 Å².